The predicted molar refractivity (Wildman–Crippen MR) is 97.4 cm³/mol. The number of hydrogen-bond donors (Lipinski definition) is 1. The summed E-state index contributed by atoms with van der Waals surface area (Å²) in [5.41, 5.74) is 3.05. The monoisotopic (exact) mass is 337 g/mol. The van der Waals surface area contributed by atoms with Crippen LogP contribution in [0, 0.1) is 0 Å². The highest BCUT2D eigenvalue weighted by molar-refractivity contribution is 6.31. The summed E-state index contributed by atoms with van der Waals surface area (Å²) in [6.45, 7) is 1.73. The Morgan fingerprint density at radius 2 is 1.92 bits per heavy atom. The molecule has 0 spiro atoms. The standard InChI is InChI=1S/C18H16ClN5/c19-13-6-7-14-16(10-13)21-11-22-18(14)20-8-3-9-24-12-23-15-4-1-2-5-17(15)24/h1-2,4-7,10-12H,3,8-9H2,(H,20,21,22). The molecular formula is C18H16ClN5. The molecule has 0 saturated heterocycles. The third-order valence-electron chi connectivity index (χ3n) is 3.99. The molecule has 0 radical (unpaired) electrons. The van der Waals surface area contributed by atoms with E-state index in [-0.39, 0.29) is 0 Å². The number of aromatic nitrogens is 4. The van der Waals surface area contributed by atoms with Gasteiger partial charge in [0, 0.05) is 23.5 Å². The summed E-state index contributed by atoms with van der Waals surface area (Å²) < 4.78 is 2.18. The lowest BCUT2D eigenvalue weighted by Gasteiger charge is -2.09. The average Bonchev–Trinajstić information content (AvgIpc) is 3.02. The number of para-hydroxylation sites is 2. The van der Waals surface area contributed by atoms with E-state index in [9.17, 15) is 0 Å². The Bertz CT molecular complexity index is 995. The first kappa shape index (κ1) is 14.9. The largest absolute Gasteiger partial charge is 0.369 e. The van der Waals surface area contributed by atoms with E-state index in [1.807, 2.05) is 42.7 Å². The fraction of sp³-hybridized carbons (Fsp3) is 0.167. The maximum atomic E-state index is 6.01. The topological polar surface area (TPSA) is 55.6 Å². The normalized spacial score (nSPS) is 11.2. The first-order chi connectivity index (χ1) is 11.8. The summed E-state index contributed by atoms with van der Waals surface area (Å²) in [5, 5.41) is 5.05. The van der Waals surface area contributed by atoms with Crippen molar-refractivity contribution < 1.29 is 0 Å². The lowest BCUT2D eigenvalue weighted by molar-refractivity contribution is 0.677. The quantitative estimate of drug-likeness (QED) is 0.556. The van der Waals surface area contributed by atoms with Crippen molar-refractivity contribution in [3.8, 4) is 0 Å². The van der Waals surface area contributed by atoms with E-state index in [2.05, 4.69) is 30.9 Å². The van der Waals surface area contributed by atoms with E-state index < -0.39 is 0 Å². The molecule has 4 rings (SSSR count). The van der Waals surface area contributed by atoms with Crippen LogP contribution in [0.2, 0.25) is 5.02 Å². The van der Waals surface area contributed by atoms with Gasteiger partial charge in [0.2, 0.25) is 0 Å². The molecule has 0 fully saturated rings. The summed E-state index contributed by atoms with van der Waals surface area (Å²) in [6.07, 6.45) is 4.43. The molecule has 0 bridgehead atoms. The van der Waals surface area contributed by atoms with Crippen molar-refractivity contribution in [3.05, 3.63) is 60.1 Å². The van der Waals surface area contributed by atoms with Gasteiger partial charge in [0.1, 0.15) is 12.1 Å². The van der Waals surface area contributed by atoms with Gasteiger partial charge in [-0.05, 0) is 36.8 Å². The van der Waals surface area contributed by atoms with Crippen LogP contribution in [0.25, 0.3) is 21.9 Å². The SMILES string of the molecule is Clc1ccc2c(NCCCn3cnc4ccccc43)ncnc2c1. The van der Waals surface area contributed by atoms with Crippen LogP contribution < -0.4 is 5.32 Å². The molecule has 0 aliphatic rings. The molecule has 1 N–H and O–H groups in total. The maximum Gasteiger partial charge on any atom is 0.137 e. The summed E-state index contributed by atoms with van der Waals surface area (Å²) in [4.78, 5) is 13.0. The number of benzene rings is 2. The minimum Gasteiger partial charge on any atom is -0.369 e. The third-order valence-corrected chi connectivity index (χ3v) is 4.23. The minimum absolute atomic E-state index is 0.680. The van der Waals surface area contributed by atoms with Crippen molar-refractivity contribution in [2.45, 2.75) is 13.0 Å². The molecule has 6 heteroatoms. The second-order valence-electron chi connectivity index (χ2n) is 5.59. The molecule has 0 unspecified atom stereocenters. The van der Waals surface area contributed by atoms with E-state index in [0.29, 0.717) is 5.02 Å². The molecule has 120 valence electrons. The van der Waals surface area contributed by atoms with E-state index in [0.717, 1.165) is 41.7 Å². The molecule has 2 aromatic carbocycles. The van der Waals surface area contributed by atoms with Crippen LogP contribution >= 0.6 is 11.6 Å². The molecule has 4 aromatic rings. The number of anilines is 1. The highest BCUT2D eigenvalue weighted by Gasteiger charge is 2.04. The second-order valence-corrected chi connectivity index (χ2v) is 6.03. The molecule has 2 heterocycles. The molecule has 0 aliphatic heterocycles. The number of hydrogen-bond acceptors (Lipinski definition) is 4. The van der Waals surface area contributed by atoms with Crippen LogP contribution in [0.4, 0.5) is 5.82 Å². The zero-order valence-corrected chi connectivity index (χ0v) is 13.7. The van der Waals surface area contributed by atoms with Crippen LogP contribution in [0.5, 0.6) is 0 Å². The molecule has 5 nitrogen and oxygen atoms in total. The summed E-state index contributed by atoms with van der Waals surface area (Å²) in [5.74, 6) is 0.840. The molecule has 2 aromatic heterocycles. The first-order valence-corrected chi connectivity index (χ1v) is 8.23. The zero-order chi connectivity index (χ0) is 16.4. The molecule has 0 amide bonds. The number of halogens is 1. The Morgan fingerprint density at radius 3 is 2.88 bits per heavy atom. The fourth-order valence-electron chi connectivity index (χ4n) is 2.82. The van der Waals surface area contributed by atoms with E-state index in [1.165, 1.54) is 5.52 Å². The van der Waals surface area contributed by atoms with Crippen LogP contribution in [-0.4, -0.2) is 26.1 Å². The van der Waals surface area contributed by atoms with Gasteiger partial charge in [-0.2, -0.15) is 0 Å². The second kappa shape index (κ2) is 6.45. The van der Waals surface area contributed by atoms with Crippen molar-refractivity contribution in [2.24, 2.45) is 0 Å². The molecule has 0 atom stereocenters. The lowest BCUT2D eigenvalue weighted by atomic mass is 10.2. The Hall–Kier alpha value is -2.66. The van der Waals surface area contributed by atoms with Crippen LogP contribution in [0.3, 0.4) is 0 Å². The van der Waals surface area contributed by atoms with Gasteiger partial charge in [-0.25, -0.2) is 15.0 Å². The van der Waals surface area contributed by atoms with E-state index in [1.54, 1.807) is 6.33 Å². The number of rotatable bonds is 5. The molecular weight excluding hydrogens is 322 g/mol. The van der Waals surface area contributed by atoms with Gasteiger partial charge in [0.25, 0.3) is 0 Å². The third kappa shape index (κ3) is 2.90. The summed E-state index contributed by atoms with van der Waals surface area (Å²) in [7, 11) is 0. The lowest BCUT2D eigenvalue weighted by Crippen LogP contribution is -2.08. The van der Waals surface area contributed by atoms with E-state index in [4.69, 9.17) is 11.6 Å². The van der Waals surface area contributed by atoms with Crippen LogP contribution in [-0.2, 0) is 6.54 Å². The van der Waals surface area contributed by atoms with Gasteiger partial charge >= 0.3 is 0 Å². The smallest absolute Gasteiger partial charge is 0.137 e. The Labute approximate surface area is 144 Å². The average molecular weight is 338 g/mol. The van der Waals surface area contributed by atoms with E-state index >= 15 is 0 Å². The minimum atomic E-state index is 0.680. The van der Waals surface area contributed by atoms with Gasteiger partial charge in [-0.15, -0.1) is 0 Å². The molecule has 0 saturated carbocycles. The molecule has 24 heavy (non-hydrogen) atoms. The number of aryl methyl sites for hydroxylation is 1. The fourth-order valence-corrected chi connectivity index (χ4v) is 2.98. The number of nitrogens with one attached hydrogen (secondary N) is 1. The number of imidazole rings is 1. The van der Waals surface area contributed by atoms with Gasteiger partial charge in [-0.1, -0.05) is 23.7 Å². The summed E-state index contributed by atoms with van der Waals surface area (Å²) >= 11 is 6.01. The van der Waals surface area contributed by atoms with Crippen molar-refractivity contribution in [2.75, 3.05) is 11.9 Å². The first-order valence-electron chi connectivity index (χ1n) is 7.85. The van der Waals surface area contributed by atoms with Gasteiger partial charge in [0.15, 0.2) is 0 Å². The van der Waals surface area contributed by atoms with Crippen LogP contribution in [0.15, 0.2) is 55.1 Å². The highest BCUT2D eigenvalue weighted by atomic mass is 35.5. The van der Waals surface area contributed by atoms with Gasteiger partial charge < -0.3 is 9.88 Å². The highest BCUT2D eigenvalue weighted by Crippen LogP contribution is 2.22. The number of nitrogens with zero attached hydrogens (tertiary/aromatic N) is 4. The Kier molecular flexibility index (Phi) is 4.01. The Balaban J connectivity index is 1.43. The van der Waals surface area contributed by atoms with Crippen molar-refractivity contribution in [1.82, 2.24) is 19.5 Å². The predicted octanol–water partition coefficient (Wildman–Crippen LogP) is 4.14. The van der Waals surface area contributed by atoms with Crippen molar-refractivity contribution in [1.29, 1.82) is 0 Å². The van der Waals surface area contributed by atoms with Crippen LogP contribution in [0.1, 0.15) is 6.42 Å². The zero-order valence-electron chi connectivity index (χ0n) is 13.0. The van der Waals surface area contributed by atoms with Crippen molar-refractivity contribution in [3.63, 3.8) is 0 Å². The van der Waals surface area contributed by atoms with Gasteiger partial charge in [-0.3, -0.25) is 0 Å². The summed E-state index contributed by atoms with van der Waals surface area (Å²) in [6, 6.07) is 13.8. The molecule has 0 aliphatic carbocycles. The maximum absolute atomic E-state index is 6.01. The van der Waals surface area contributed by atoms with Gasteiger partial charge in [0.05, 0.1) is 22.9 Å². The Morgan fingerprint density at radius 1 is 1.00 bits per heavy atom. The number of fused-ring (bicyclic) bond motifs is 2. The van der Waals surface area contributed by atoms with Crippen molar-refractivity contribution >= 4 is 39.4 Å².